The van der Waals surface area contributed by atoms with E-state index in [2.05, 4.69) is 9.88 Å². The van der Waals surface area contributed by atoms with Crippen LogP contribution in [0.4, 0.5) is 0 Å². The summed E-state index contributed by atoms with van der Waals surface area (Å²) in [5.74, 6) is 0. The van der Waals surface area contributed by atoms with Gasteiger partial charge in [0.1, 0.15) is 10.0 Å². The standard InChI is InChI=1S/C12H18ClN3O2S/c1-10-9-15(2)7-4-8-16(10)19(17,18)11-5-3-6-14-12(11)13/h3,5-6,10H,4,7-9H2,1-2H3. The second-order valence-electron chi connectivity index (χ2n) is 4.87. The van der Waals surface area contributed by atoms with Crippen molar-refractivity contribution in [2.45, 2.75) is 24.3 Å². The van der Waals surface area contributed by atoms with E-state index in [1.165, 1.54) is 16.6 Å². The molecular formula is C12H18ClN3O2S. The lowest BCUT2D eigenvalue weighted by molar-refractivity contribution is 0.290. The lowest BCUT2D eigenvalue weighted by Crippen LogP contribution is -2.42. The van der Waals surface area contributed by atoms with Gasteiger partial charge in [-0.25, -0.2) is 13.4 Å². The van der Waals surface area contributed by atoms with Gasteiger partial charge in [-0.15, -0.1) is 0 Å². The van der Waals surface area contributed by atoms with Crippen molar-refractivity contribution in [3.05, 3.63) is 23.5 Å². The Morgan fingerprint density at radius 3 is 2.84 bits per heavy atom. The SMILES string of the molecule is CC1CN(C)CCCN1S(=O)(=O)c1cccnc1Cl. The Balaban J connectivity index is 2.36. The van der Waals surface area contributed by atoms with Gasteiger partial charge in [0.25, 0.3) is 0 Å². The van der Waals surface area contributed by atoms with Crippen molar-refractivity contribution in [2.75, 3.05) is 26.7 Å². The first-order chi connectivity index (χ1) is 8.93. The lowest BCUT2D eigenvalue weighted by atomic mass is 10.3. The lowest BCUT2D eigenvalue weighted by Gasteiger charge is -2.27. The molecule has 1 unspecified atom stereocenters. The number of aromatic nitrogens is 1. The minimum Gasteiger partial charge on any atom is -0.305 e. The maximum atomic E-state index is 12.7. The van der Waals surface area contributed by atoms with Gasteiger partial charge in [-0.2, -0.15) is 4.31 Å². The van der Waals surface area contributed by atoms with Crippen molar-refractivity contribution in [3.8, 4) is 0 Å². The highest BCUT2D eigenvalue weighted by Gasteiger charge is 2.32. The smallest absolute Gasteiger partial charge is 0.246 e. The molecule has 1 fully saturated rings. The Kier molecular flexibility index (Phi) is 4.45. The van der Waals surface area contributed by atoms with Gasteiger partial charge in [0.2, 0.25) is 10.0 Å². The minimum atomic E-state index is -3.58. The van der Waals surface area contributed by atoms with E-state index in [1.807, 2.05) is 14.0 Å². The van der Waals surface area contributed by atoms with Gasteiger partial charge in [-0.3, -0.25) is 0 Å². The second kappa shape index (κ2) is 5.75. The highest BCUT2D eigenvalue weighted by atomic mass is 35.5. The van der Waals surface area contributed by atoms with Crippen LogP contribution in [-0.2, 0) is 10.0 Å². The van der Waals surface area contributed by atoms with Gasteiger partial charge in [-0.1, -0.05) is 11.6 Å². The summed E-state index contributed by atoms with van der Waals surface area (Å²) in [7, 11) is -1.57. The Hall–Kier alpha value is -0.690. The van der Waals surface area contributed by atoms with Crippen LogP contribution < -0.4 is 0 Å². The molecule has 2 heterocycles. The quantitative estimate of drug-likeness (QED) is 0.776. The van der Waals surface area contributed by atoms with Crippen molar-refractivity contribution in [2.24, 2.45) is 0 Å². The predicted molar refractivity (Wildman–Crippen MR) is 74.7 cm³/mol. The van der Waals surface area contributed by atoms with Crippen LogP contribution in [0.25, 0.3) is 0 Å². The van der Waals surface area contributed by atoms with E-state index in [0.717, 1.165) is 19.5 Å². The fourth-order valence-electron chi connectivity index (χ4n) is 2.40. The summed E-state index contributed by atoms with van der Waals surface area (Å²) in [5, 5.41) is 0.0345. The maximum absolute atomic E-state index is 12.7. The molecule has 0 bridgehead atoms. The number of rotatable bonds is 2. The molecule has 106 valence electrons. The van der Waals surface area contributed by atoms with Gasteiger partial charge >= 0.3 is 0 Å². The van der Waals surface area contributed by atoms with Crippen LogP contribution in [0.3, 0.4) is 0 Å². The summed E-state index contributed by atoms with van der Waals surface area (Å²) in [5.41, 5.74) is 0. The monoisotopic (exact) mass is 303 g/mol. The second-order valence-corrected chi connectivity index (χ2v) is 7.09. The van der Waals surface area contributed by atoms with Crippen molar-refractivity contribution in [3.63, 3.8) is 0 Å². The molecular weight excluding hydrogens is 286 g/mol. The summed E-state index contributed by atoms with van der Waals surface area (Å²) in [6.45, 7) is 4.05. The first-order valence-corrected chi connectivity index (χ1v) is 8.05. The maximum Gasteiger partial charge on any atom is 0.246 e. The van der Waals surface area contributed by atoms with Crippen LogP contribution in [0.5, 0.6) is 0 Å². The van der Waals surface area contributed by atoms with Gasteiger partial charge in [0, 0.05) is 25.3 Å². The van der Waals surface area contributed by atoms with E-state index >= 15 is 0 Å². The summed E-state index contributed by atoms with van der Waals surface area (Å²) in [6.07, 6.45) is 2.30. The summed E-state index contributed by atoms with van der Waals surface area (Å²) >= 11 is 5.92. The molecule has 0 radical (unpaired) electrons. The van der Waals surface area contributed by atoms with Crippen molar-refractivity contribution in [1.82, 2.24) is 14.2 Å². The van der Waals surface area contributed by atoms with Gasteiger partial charge < -0.3 is 4.90 Å². The molecule has 0 saturated carbocycles. The molecule has 0 aliphatic carbocycles. The summed E-state index contributed by atoms with van der Waals surface area (Å²) < 4.78 is 26.8. The zero-order chi connectivity index (χ0) is 14.0. The van der Waals surface area contributed by atoms with Crippen LogP contribution >= 0.6 is 11.6 Å². The Morgan fingerprint density at radius 2 is 2.16 bits per heavy atom. The third-order valence-electron chi connectivity index (χ3n) is 3.30. The van der Waals surface area contributed by atoms with E-state index in [0.29, 0.717) is 6.54 Å². The fourth-order valence-corrected chi connectivity index (χ4v) is 4.49. The number of hydrogen-bond acceptors (Lipinski definition) is 4. The topological polar surface area (TPSA) is 53.5 Å². The molecule has 0 spiro atoms. The average Bonchev–Trinajstić information content (AvgIpc) is 2.50. The van der Waals surface area contributed by atoms with Crippen molar-refractivity contribution in [1.29, 1.82) is 0 Å². The predicted octanol–water partition coefficient (Wildman–Crippen LogP) is 1.45. The van der Waals surface area contributed by atoms with Crippen LogP contribution in [0.2, 0.25) is 5.15 Å². The van der Waals surface area contributed by atoms with Crippen molar-refractivity contribution >= 4 is 21.6 Å². The van der Waals surface area contributed by atoms with Gasteiger partial charge in [0.05, 0.1) is 0 Å². The first-order valence-electron chi connectivity index (χ1n) is 6.24. The normalized spacial score (nSPS) is 23.2. The van der Waals surface area contributed by atoms with Crippen LogP contribution in [0, 0.1) is 0 Å². The Morgan fingerprint density at radius 1 is 1.42 bits per heavy atom. The third kappa shape index (κ3) is 3.08. The molecule has 19 heavy (non-hydrogen) atoms. The van der Waals surface area contributed by atoms with Crippen LogP contribution in [0.15, 0.2) is 23.2 Å². The Labute approximate surface area is 119 Å². The number of pyridine rings is 1. The summed E-state index contributed by atoms with van der Waals surface area (Å²) in [6, 6.07) is 3.02. The zero-order valence-electron chi connectivity index (χ0n) is 11.1. The van der Waals surface area contributed by atoms with E-state index in [1.54, 1.807) is 6.07 Å². The molecule has 1 aromatic rings. The van der Waals surface area contributed by atoms with E-state index in [-0.39, 0.29) is 16.1 Å². The largest absolute Gasteiger partial charge is 0.305 e. The van der Waals surface area contributed by atoms with Crippen LogP contribution in [-0.4, -0.2) is 55.3 Å². The number of sulfonamides is 1. The third-order valence-corrected chi connectivity index (χ3v) is 5.76. The van der Waals surface area contributed by atoms with E-state index in [9.17, 15) is 8.42 Å². The molecule has 1 aromatic heterocycles. The molecule has 1 saturated heterocycles. The molecule has 7 heteroatoms. The number of nitrogens with zero attached hydrogens (tertiary/aromatic N) is 3. The van der Waals surface area contributed by atoms with Gasteiger partial charge in [-0.05, 0) is 39.1 Å². The number of likely N-dealkylation sites (N-methyl/N-ethyl adjacent to an activating group) is 1. The first kappa shape index (κ1) is 14.7. The zero-order valence-corrected chi connectivity index (χ0v) is 12.7. The van der Waals surface area contributed by atoms with Crippen molar-refractivity contribution < 1.29 is 8.42 Å². The van der Waals surface area contributed by atoms with Gasteiger partial charge in [0.15, 0.2) is 0 Å². The molecule has 0 N–H and O–H groups in total. The molecule has 1 atom stereocenters. The number of hydrogen-bond donors (Lipinski definition) is 0. The van der Waals surface area contributed by atoms with E-state index in [4.69, 9.17) is 11.6 Å². The molecule has 1 aliphatic rings. The number of halogens is 1. The van der Waals surface area contributed by atoms with E-state index < -0.39 is 10.0 Å². The fraction of sp³-hybridized carbons (Fsp3) is 0.583. The minimum absolute atomic E-state index is 0.0345. The molecule has 0 amide bonds. The highest BCUT2D eigenvalue weighted by molar-refractivity contribution is 7.89. The highest BCUT2D eigenvalue weighted by Crippen LogP contribution is 2.25. The molecule has 5 nitrogen and oxygen atoms in total. The van der Waals surface area contributed by atoms with Crippen LogP contribution in [0.1, 0.15) is 13.3 Å². The molecule has 0 aromatic carbocycles. The molecule has 1 aliphatic heterocycles. The molecule has 2 rings (SSSR count). The average molecular weight is 304 g/mol. The Bertz CT molecular complexity index is 550. The summed E-state index contributed by atoms with van der Waals surface area (Å²) in [4.78, 5) is 6.09.